The van der Waals surface area contributed by atoms with Crippen LogP contribution < -0.4 is 29.7 Å². The molecule has 12 rings (SSSR count). The molecule has 4 unspecified atom stereocenters. The lowest BCUT2D eigenvalue weighted by Crippen LogP contribution is -2.42. The van der Waals surface area contributed by atoms with Crippen molar-refractivity contribution in [3.63, 3.8) is 0 Å². The number of anilines is 2. The number of thioether (sulfide) groups is 2. The van der Waals surface area contributed by atoms with Crippen molar-refractivity contribution < 1.29 is 28.3 Å². The van der Waals surface area contributed by atoms with Gasteiger partial charge in [0, 0.05) is 85.6 Å². The normalized spacial score (nSPS) is 20.4. The molecule has 0 bridgehead atoms. The maximum atomic E-state index is 14.4. The fraction of sp³-hybridized carbons (Fsp3) is 0.180. The van der Waals surface area contributed by atoms with E-state index in [1.807, 2.05) is 36.4 Å². The Labute approximate surface area is 473 Å². The molecule has 18 heteroatoms. The molecule has 0 radical (unpaired) electrons. The fourth-order valence-corrected chi connectivity index (χ4v) is 14.8. The molecule has 0 saturated heterocycles. The van der Waals surface area contributed by atoms with Gasteiger partial charge in [0.1, 0.15) is 23.5 Å². The van der Waals surface area contributed by atoms with E-state index in [1.165, 1.54) is 45.1 Å². The number of imide groups is 1. The van der Waals surface area contributed by atoms with Gasteiger partial charge in [-0.05, 0) is 89.6 Å². The highest BCUT2D eigenvalue weighted by atomic mass is 32.2. The molecule has 0 fully saturated rings. The lowest BCUT2D eigenvalue weighted by atomic mass is 9.84. The smallest absolute Gasteiger partial charge is 0.262 e. The number of nitrogens with zero attached hydrogens (tertiary/aromatic N) is 8. The molecular formula is C61H54N10O4S4+2. The number of carbonyl (C=O) groups is 4. The van der Waals surface area contributed by atoms with Crippen LogP contribution in [0.4, 0.5) is 11.4 Å². The van der Waals surface area contributed by atoms with E-state index in [-0.39, 0.29) is 68.1 Å². The van der Waals surface area contributed by atoms with Gasteiger partial charge < -0.3 is 15.1 Å². The molecule has 14 nitrogen and oxygen atoms in total. The number of aryl methyl sites for hydroxylation is 2. The van der Waals surface area contributed by atoms with Crippen molar-refractivity contribution in [1.82, 2.24) is 25.1 Å². The van der Waals surface area contributed by atoms with Crippen LogP contribution in [0.15, 0.2) is 214 Å². The van der Waals surface area contributed by atoms with Crippen LogP contribution >= 0.6 is 46.2 Å². The topological polar surface area (TPSA) is 141 Å². The van der Waals surface area contributed by atoms with Crippen molar-refractivity contribution in [3.8, 4) is 0 Å². The number of hydrogen-bond donors (Lipinski definition) is 2. The third kappa shape index (κ3) is 10.6. The fourth-order valence-electron chi connectivity index (χ4n) is 10.5. The van der Waals surface area contributed by atoms with Crippen LogP contribution in [0.3, 0.4) is 0 Å². The Morgan fingerprint density at radius 1 is 0.608 bits per heavy atom. The molecule has 3 aromatic heterocycles. The summed E-state index contributed by atoms with van der Waals surface area (Å²) in [6.45, 7) is 0.171. The molecular weight excluding hydrogens is 1070 g/mol. The van der Waals surface area contributed by atoms with E-state index in [1.54, 1.807) is 27.3 Å². The van der Waals surface area contributed by atoms with Crippen LogP contribution in [0.25, 0.3) is 32.6 Å². The van der Waals surface area contributed by atoms with Gasteiger partial charge in [-0.3, -0.25) is 29.5 Å². The first-order chi connectivity index (χ1) is 38.6. The van der Waals surface area contributed by atoms with E-state index in [0.29, 0.717) is 10.3 Å². The number of fused-ring (bicyclic) bond motifs is 4. The molecule has 4 amide bonds. The Balaban J connectivity index is 0.923. The highest BCUT2D eigenvalue weighted by molar-refractivity contribution is 8.03. The average Bonchev–Trinajstić information content (AvgIpc) is 4.33. The number of carbonyl (C=O) groups excluding carboxylic acids is 4. The quantitative estimate of drug-likeness (QED) is 0.0710. The minimum absolute atomic E-state index is 0.0183. The Kier molecular flexibility index (Phi) is 14.8. The minimum Gasteiger partial charge on any atom is -0.354 e. The summed E-state index contributed by atoms with van der Waals surface area (Å²) in [5, 5.41) is 17.5. The molecule has 394 valence electrons. The molecule has 0 spiro atoms. The highest BCUT2D eigenvalue weighted by Crippen LogP contribution is 2.47. The van der Waals surface area contributed by atoms with Crippen LogP contribution in [-0.4, -0.2) is 68.6 Å². The Morgan fingerprint density at radius 3 is 1.56 bits per heavy atom. The zero-order valence-electron chi connectivity index (χ0n) is 43.2. The second-order valence-corrected chi connectivity index (χ2v) is 23.5. The summed E-state index contributed by atoms with van der Waals surface area (Å²) in [6.07, 6.45) is 29.3. The molecule has 5 aliphatic rings. The molecule has 6 heterocycles. The third-order valence-electron chi connectivity index (χ3n) is 14.4. The number of nitrogens with one attached hydrogen (secondary N) is 2. The molecule has 2 aliphatic carbocycles. The van der Waals surface area contributed by atoms with Gasteiger partial charge >= 0.3 is 0 Å². The average molecular weight is 1120 g/mol. The zero-order valence-corrected chi connectivity index (χ0v) is 46.4. The summed E-state index contributed by atoms with van der Waals surface area (Å²) in [5.74, 6) is -1.39. The molecule has 79 heavy (non-hydrogen) atoms. The molecule has 4 atom stereocenters. The number of rotatable bonds is 16. The Morgan fingerprint density at radius 2 is 1.06 bits per heavy atom. The highest BCUT2D eigenvalue weighted by Gasteiger charge is 2.39. The summed E-state index contributed by atoms with van der Waals surface area (Å²) in [7, 11) is 4.22. The van der Waals surface area contributed by atoms with E-state index in [4.69, 9.17) is 10.2 Å². The lowest BCUT2D eigenvalue weighted by Gasteiger charge is -2.42. The predicted molar refractivity (Wildman–Crippen MR) is 316 cm³/mol. The first-order valence-electron chi connectivity index (χ1n) is 26.1. The monoisotopic (exact) mass is 1120 g/mol. The van der Waals surface area contributed by atoms with E-state index in [0.717, 1.165) is 58.5 Å². The molecule has 7 aromatic rings. The number of amides is 4. The van der Waals surface area contributed by atoms with Crippen LogP contribution in [-0.2, 0) is 33.3 Å². The SMILES string of the molecule is C[n+]1c(/C=C2\C=C(Sc3nnc(SC4=C/C(=C\c5sc6ccccc6[n+]5C)C5C=CC=CC5N4c4ccccc4)n3NC(=O)CCCC(=O)NCCN3C(=O)C=CC3=O)N(c3ccccc3)C3C=CC=CC23)sc2ccccc21. The summed E-state index contributed by atoms with van der Waals surface area (Å²) < 4.78 is 8.59. The first-order valence-corrected chi connectivity index (χ1v) is 29.3. The van der Waals surface area contributed by atoms with Gasteiger partial charge in [0.15, 0.2) is 0 Å². The summed E-state index contributed by atoms with van der Waals surface area (Å²) >= 11 is 6.37. The number of thiazole rings is 2. The van der Waals surface area contributed by atoms with Gasteiger partial charge in [-0.1, -0.05) is 132 Å². The second kappa shape index (κ2) is 22.7. The van der Waals surface area contributed by atoms with Gasteiger partial charge in [-0.15, -0.1) is 10.2 Å². The van der Waals surface area contributed by atoms with E-state index in [2.05, 4.69) is 189 Å². The van der Waals surface area contributed by atoms with Crippen molar-refractivity contribution in [2.24, 2.45) is 25.9 Å². The largest absolute Gasteiger partial charge is 0.354 e. The summed E-state index contributed by atoms with van der Waals surface area (Å²) in [6, 6.07) is 37.4. The second-order valence-electron chi connectivity index (χ2n) is 19.4. The van der Waals surface area contributed by atoms with Gasteiger partial charge in [0.2, 0.25) is 33.2 Å². The van der Waals surface area contributed by atoms with Crippen LogP contribution in [0.1, 0.15) is 29.3 Å². The van der Waals surface area contributed by atoms with Gasteiger partial charge in [-0.2, -0.15) is 9.13 Å². The minimum atomic E-state index is -0.407. The van der Waals surface area contributed by atoms with Crippen molar-refractivity contribution >= 4 is 114 Å². The summed E-state index contributed by atoms with van der Waals surface area (Å²) in [4.78, 5) is 57.2. The molecule has 0 saturated carbocycles. The maximum absolute atomic E-state index is 14.4. The van der Waals surface area contributed by atoms with Gasteiger partial charge in [0.05, 0.1) is 22.1 Å². The Bertz CT molecular complexity index is 3620. The number of allylic oxidation sites excluding steroid dienone is 6. The van der Waals surface area contributed by atoms with Gasteiger partial charge in [-0.25, -0.2) is 4.68 Å². The molecule has 3 aliphatic heterocycles. The van der Waals surface area contributed by atoms with Crippen LogP contribution in [0.5, 0.6) is 0 Å². The standard InChI is InChI=1S/C61H52N10O4S4/c1-66-48-26-13-15-28-50(48)76-56(66)36-40-38-58(69(42-18-5-3-6-19-42)46-24-11-9-22-44(40)46)78-60-63-64-61(71(60)65-53(73)31-17-30-52(72)62-34-35-68-54(74)32-33-55(68)75)79-59-39-41(37-57-67(2)49-27-14-16-29-51(49)77-57)45-23-10-12-25-47(45)70(59)43-20-7-4-8-21-43/h3-16,18-29,32-33,36-39,44-47H,17,30-31,34-35H2,1-2H3/p+2. The number of aromatic nitrogens is 5. The van der Waals surface area contributed by atoms with E-state index < -0.39 is 11.8 Å². The third-order valence-corrected chi connectivity index (χ3v) is 18.7. The van der Waals surface area contributed by atoms with Crippen molar-refractivity contribution in [3.05, 3.63) is 213 Å². The number of hydrogen-bond acceptors (Lipinski definition) is 12. The van der Waals surface area contributed by atoms with Crippen LogP contribution in [0, 0.1) is 11.8 Å². The molecule has 4 aromatic carbocycles. The molecule has 2 N–H and O–H groups in total. The lowest BCUT2D eigenvalue weighted by molar-refractivity contribution is -0.642. The van der Waals surface area contributed by atoms with E-state index >= 15 is 0 Å². The van der Waals surface area contributed by atoms with Crippen LogP contribution in [0.2, 0.25) is 0 Å². The van der Waals surface area contributed by atoms with Crippen molar-refractivity contribution in [2.75, 3.05) is 28.3 Å². The van der Waals surface area contributed by atoms with E-state index in [9.17, 15) is 19.2 Å². The predicted octanol–water partition coefficient (Wildman–Crippen LogP) is 9.93. The van der Waals surface area contributed by atoms with Crippen molar-refractivity contribution in [2.45, 2.75) is 41.7 Å². The number of para-hydroxylation sites is 4. The number of benzene rings is 4. The maximum Gasteiger partial charge on any atom is 0.262 e. The summed E-state index contributed by atoms with van der Waals surface area (Å²) in [5.41, 5.74) is 9.77. The first kappa shape index (κ1) is 51.6. The Hall–Kier alpha value is -8.16. The van der Waals surface area contributed by atoms with Gasteiger partial charge in [0.25, 0.3) is 21.8 Å². The zero-order chi connectivity index (χ0) is 54.0. The van der Waals surface area contributed by atoms with Crippen molar-refractivity contribution in [1.29, 1.82) is 0 Å².